The van der Waals surface area contributed by atoms with E-state index in [1.807, 2.05) is 0 Å². The summed E-state index contributed by atoms with van der Waals surface area (Å²) in [7, 11) is 1.63. The molecule has 0 amide bonds. The second-order valence-corrected chi connectivity index (χ2v) is 4.78. The number of ether oxygens (including phenoxy) is 1. The molecule has 6 heteroatoms. The summed E-state index contributed by atoms with van der Waals surface area (Å²) in [6, 6.07) is 4.77. The van der Waals surface area contributed by atoms with Crippen LogP contribution in [-0.4, -0.2) is 24.7 Å². The molecule has 0 heterocycles. The fraction of sp³-hybridized carbons (Fsp3) is 0.500. The van der Waals surface area contributed by atoms with Crippen LogP contribution in [0.25, 0.3) is 0 Å². The third-order valence-corrected chi connectivity index (χ3v) is 2.97. The Balaban J connectivity index is 2.89. The maximum Gasteiger partial charge on any atom is 0.289 e. The summed E-state index contributed by atoms with van der Waals surface area (Å²) in [5.74, 6) is 0.347. The third-order valence-electron chi connectivity index (χ3n) is 2.65. The first-order valence-corrected chi connectivity index (χ1v) is 6.03. The molecule has 5 nitrogen and oxygen atoms in total. The zero-order chi connectivity index (χ0) is 13.7. The molecule has 1 N–H and O–H groups in total. The van der Waals surface area contributed by atoms with Crippen LogP contribution in [-0.2, 0) is 4.74 Å². The zero-order valence-electron chi connectivity index (χ0n) is 10.6. The number of halogens is 1. The molecule has 0 aliphatic carbocycles. The number of anilines is 1. The van der Waals surface area contributed by atoms with Crippen molar-refractivity contribution < 1.29 is 9.66 Å². The van der Waals surface area contributed by atoms with Gasteiger partial charge in [-0.15, -0.1) is 0 Å². The maximum atomic E-state index is 10.8. The highest BCUT2D eigenvalue weighted by Gasteiger charge is 2.16. The van der Waals surface area contributed by atoms with Crippen LogP contribution in [0.1, 0.15) is 13.8 Å². The summed E-state index contributed by atoms with van der Waals surface area (Å²) < 4.78 is 5.12. The van der Waals surface area contributed by atoms with Crippen molar-refractivity contribution in [1.82, 2.24) is 0 Å². The summed E-state index contributed by atoms with van der Waals surface area (Å²) in [4.78, 5) is 10.3. The molecule has 0 fully saturated rings. The van der Waals surface area contributed by atoms with Gasteiger partial charge in [0.25, 0.3) is 5.69 Å². The van der Waals surface area contributed by atoms with Crippen LogP contribution in [0, 0.1) is 16.0 Å². The number of methoxy groups -OCH3 is 1. The van der Waals surface area contributed by atoms with E-state index in [2.05, 4.69) is 19.2 Å². The van der Waals surface area contributed by atoms with Crippen LogP contribution in [0.4, 0.5) is 11.4 Å². The van der Waals surface area contributed by atoms with Crippen molar-refractivity contribution in [3.8, 4) is 0 Å². The third kappa shape index (κ3) is 3.85. The van der Waals surface area contributed by atoms with E-state index in [4.69, 9.17) is 16.3 Å². The van der Waals surface area contributed by atoms with E-state index in [0.29, 0.717) is 18.2 Å². The number of nitro benzene ring substituents is 1. The van der Waals surface area contributed by atoms with Crippen molar-refractivity contribution in [3.63, 3.8) is 0 Å². The molecule has 18 heavy (non-hydrogen) atoms. The number of nitro groups is 1. The minimum atomic E-state index is -0.492. The summed E-state index contributed by atoms with van der Waals surface area (Å²) in [6.45, 7) is 4.65. The quantitative estimate of drug-likeness (QED) is 0.637. The molecule has 0 spiro atoms. The highest BCUT2D eigenvalue weighted by molar-refractivity contribution is 6.32. The van der Waals surface area contributed by atoms with Crippen LogP contribution in [0.5, 0.6) is 0 Å². The van der Waals surface area contributed by atoms with Crippen LogP contribution >= 0.6 is 11.6 Å². The van der Waals surface area contributed by atoms with Gasteiger partial charge in [0.2, 0.25) is 0 Å². The fourth-order valence-corrected chi connectivity index (χ4v) is 1.72. The van der Waals surface area contributed by atoms with Gasteiger partial charge in [0.05, 0.1) is 17.6 Å². The number of rotatable bonds is 6. The number of hydrogen-bond donors (Lipinski definition) is 1. The summed E-state index contributed by atoms with van der Waals surface area (Å²) in [5, 5.41) is 14.1. The van der Waals surface area contributed by atoms with Crippen LogP contribution < -0.4 is 5.32 Å². The molecule has 1 aromatic rings. The zero-order valence-corrected chi connectivity index (χ0v) is 11.4. The van der Waals surface area contributed by atoms with E-state index in [1.165, 1.54) is 12.1 Å². The number of hydrogen-bond acceptors (Lipinski definition) is 4. The molecular weight excluding hydrogens is 256 g/mol. The maximum absolute atomic E-state index is 10.8. The molecule has 1 atom stereocenters. The SMILES string of the molecule is COCC(Nc1ccc(Cl)c([N+](=O)[O-])c1)C(C)C. The molecule has 0 aliphatic heterocycles. The Morgan fingerprint density at radius 1 is 1.50 bits per heavy atom. The Labute approximate surface area is 111 Å². The molecule has 0 saturated carbocycles. The molecule has 0 aromatic heterocycles. The number of benzene rings is 1. The first-order chi connectivity index (χ1) is 8.45. The van der Waals surface area contributed by atoms with E-state index in [-0.39, 0.29) is 16.8 Å². The fourth-order valence-electron chi connectivity index (χ4n) is 1.54. The summed E-state index contributed by atoms with van der Waals surface area (Å²) >= 11 is 5.76. The predicted octanol–water partition coefficient (Wildman–Crippen LogP) is 3.33. The molecule has 1 unspecified atom stereocenters. The van der Waals surface area contributed by atoms with Gasteiger partial charge in [0.15, 0.2) is 0 Å². The normalized spacial score (nSPS) is 12.5. The van der Waals surface area contributed by atoms with Gasteiger partial charge < -0.3 is 10.1 Å². The van der Waals surface area contributed by atoms with Crippen molar-refractivity contribution in [2.75, 3.05) is 19.0 Å². The Hall–Kier alpha value is -1.33. The van der Waals surface area contributed by atoms with E-state index in [1.54, 1.807) is 13.2 Å². The van der Waals surface area contributed by atoms with Crippen molar-refractivity contribution in [1.29, 1.82) is 0 Å². The second-order valence-electron chi connectivity index (χ2n) is 4.37. The first kappa shape index (κ1) is 14.7. The lowest BCUT2D eigenvalue weighted by Gasteiger charge is -2.22. The van der Waals surface area contributed by atoms with Gasteiger partial charge in [-0.1, -0.05) is 25.4 Å². The lowest BCUT2D eigenvalue weighted by molar-refractivity contribution is -0.384. The largest absolute Gasteiger partial charge is 0.383 e. The van der Waals surface area contributed by atoms with Gasteiger partial charge in [-0.2, -0.15) is 0 Å². The van der Waals surface area contributed by atoms with E-state index < -0.39 is 4.92 Å². The van der Waals surface area contributed by atoms with Crippen LogP contribution in [0.2, 0.25) is 5.02 Å². The molecule has 100 valence electrons. The van der Waals surface area contributed by atoms with Crippen molar-refractivity contribution in [2.45, 2.75) is 19.9 Å². The molecular formula is C12H17ClN2O3. The average molecular weight is 273 g/mol. The highest BCUT2D eigenvalue weighted by Crippen LogP contribution is 2.28. The van der Waals surface area contributed by atoms with Gasteiger partial charge in [-0.05, 0) is 18.1 Å². The highest BCUT2D eigenvalue weighted by atomic mass is 35.5. The van der Waals surface area contributed by atoms with Crippen molar-refractivity contribution in [3.05, 3.63) is 33.3 Å². The van der Waals surface area contributed by atoms with Crippen LogP contribution in [0.15, 0.2) is 18.2 Å². The predicted molar refractivity (Wildman–Crippen MR) is 72.2 cm³/mol. The topological polar surface area (TPSA) is 64.4 Å². The van der Waals surface area contributed by atoms with Crippen molar-refractivity contribution >= 4 is 23.0 Å². The van der Waals surface area contributed by atoms with Gasteiger partial charge in [0.1, 0.15) is 5.02 Å². The molecule has 1 rings (SSSR count). The molecule has 1 aromatic carbocycles. The summed E-state index contributed by atoms with van der Waals surface area (Å²) in [6.07, 6.45) is 0. The monoisotopic (exact) mass is 272 g/mol. The molecule has 0 saturated heterocycles. The molecule has 0 aliphatic rings. The Morgan fingerprint density at radius 2 is 2.17 bits per heavy atom. The van der Waals surface area contributed by atoms with Gasteiger partial charge in [-0.3, -0.25) is 10.1 Å². The van der Waals surface area contributed by atoms with E-state index >= 15 is 0 Å². The second kappa shape index (κ2) is 6.56. The Kier molecular flexibility index (Phi) is 5.37. The standard InChI is InChI=1S/C12H17ClN2O3/c1-8(2)11(7-18-3)14-9-4-5-10(13)12(6-9)15(16)17/h4-6,8,11,14H,7H2,1-3H3. The summed E-state index contributed by atoms with van der Waals surface area (Å²) in [5.41, 5.74) is 0.573. The average Bonchev–Trinajstić information content (AvgIpc) is 2.30. The molecule has 0 radical (unpaired) electrons. The first-order valence-electron chi connectivity index (χ1n) is 5.65. The lowest BCUT2D eigenvalue weighted by Crippen LogP contribution is -2.30. The van der Waals surface area contributed by atoms with Crippen LogP contribution in [0.3, 0.4) is 0 Å². The minimum absolute atomic E-state index is 0.0933. The lowest BCUT2D eigenvalue weighted by atomic mass is 10.0. The van der Waals surface area contributed by atoms with E-state index in [9.17, 15) is 10.1 Å². The Morgan fingerprint density at radius 3 is 2.67 bits per heavy atom. The van der Waals surface area contributed by atoms with Crippen molar-refractivity contribution in [2.24, 2.45) is 5.92 Å². The minimum Gasteiger partial charge on any atom is -0.383 e. The number of nitrogens with zero attached hydrogens (tertiary/aromatic N) is 1. The Bertz CT molecular complexity index is 424. The number of nitrogens with one attached hydrogen (secondary N) is 1. The van der Waals surface area contributed by atoms with Gasteiger partial charge >= 0.3 is 0 Å². The van der Waals surface area contributed by atoms with E-state index in [0.717, 1.165) is 0 Å². The van der Waals surface area contributed by atoms with Gasteiger partial charge in [-0.25, -0.2) is 0 Å². The molecule has 0 bridgehead atoms. The smallest absolute Gasteiger partial charge is 0.289 e. The van der Waals surface area contributed by atoms with Gasteiger partial charge in [0, 0.05) is 18.9 Å².